The van der Waals surface area contributed by atoms with E-state index < -0.39 is 10.0 Å². The number of nitrogens with one attached hydrogen (secondary N) is 1. The fraction of sp³-hybridized carbons (Fsp3) is 0.300. The molecule has 0 aliphatic carbocycles. The second kappa shape index (κ2) is 4.92. The molecule has 0 aliphatic rings. The van der Waals surface area contributed by atoms with E-state index in [0.29, 0.717) is 11.5 Å². The molecule has 2 N–H and O–H groups in total. The van der Waals surface area contributed by atoms with Crippen LogP contribution in [0.1, 0.15) is 17.2 Å². The third-order valence-electron chi connectivity index (χ3n) is 2.17. The topological polar surface area (TPSA) is 106 Å². The van der Waals surface area contributed by atoms with Gasteiger partial charge in [0.1, 0.15) is 12.4 Å². The molecule has 0 saturated carbocycles. The molecule has 0 bridgehead atoms. The molecule has 0 spiro atoms. The molecular weight excluding hydrogens is 260 g/mol. The zero-order valence-corrected chi connectivity index (χ0v) is 10.4. The average molecular weight is 272 g/mol. The summed E-state index contributed by atoms with van der Waals surface area (Å²) in [7, 11) is -3.75. The third kappa shape index (κ3) is 2.78. The molecule has 0 saturated heterocycles. The Morgan fingerprint density at radius 2 is 2.17 bits per heavy atom. The number of hydrogen-bond donors (Lipinski definition) is 2. The number of aromatic nitrogens is 1. The number of aryl methyl sites for hydroxylation is 1. The fourth-order valence-electron chi connectivity index (χ4n) is 1.32. The van der Waals surface area contributed by atoms with Crippen molar-refractivity contribution in [2.45, 2.75) is 25.2 Å². The fourth-order valence-corrected chi connectivity index (χ4v) is 2.26. The maximum atomic E-state index is 11.8. The minimum Gasteiger partial charge on any atom is -0.446 e. The standard InChI is InChI=1S/C10H12N2O5S/c1-7-4-9(17-12-7)5-11-18(14,15)10-3-2-8(6-13)16-10/h2-4,11,13H,5-6H2,1H3. The SMILES string of the molecule is Cc1cc(CNS(=O)(=O)c2ccc(CO)o2)on1. The molecule has 8 heteroatoms. The van der Waals surface area contributed by atoms with Crippen molar-refractivity contribution in [2.75, 3.05) is 0 Å². The molecule has 2 rings (SSSR count). The van der Waals surface area contributed by atoms with Crippen LogP contribution in [0.2, 0.25) is 0 Å². The Bertz CT molecular complexity index is 628. The van der Waals surface area contributed by atoms with Crippen LogP contribution in [0.25, 0.3) is 0 Å². The Hall–Kier alpha value is -1.64. The highest BCUT2D eigenvalue weighted by Gasteiger charge is 2.19. The first kappa shape index (κ1) is 12.8. The maximum Gasteiger partial charge on any atom is 0.274 e. The summed E-state index contributed by atoms with van der Waals surface area (Å²) in [5.41, 5.74) is 0.671. The van der Waals surface area contributed by atoms with Gasteiger partial charge in [-0.25, -0.2) is 13.1 Å². The first-order chi connectivity index (χ1) is 8.51. The molecule has 2 aromatic heterocycles. The monoisotopic (exact) mass is 272 g/mol. The lowest BCUT2D eigenvalue weighted by atomic mass is 10.4. The van der Waals surface area contributed by atoms with Gasteiger partial charge in [0, 0.05) is 6.07 Å². The highest BCUT2D eigenvalue weighted by molar-refractivity contribution is 7.89. The molecular formula is C10H12N2O5S. The van der Waals surface area contributed by atoms with Gasteiger partial charge in [0.2, 0.25) is 5.09 Å². The third-order valence-corrected chi connectivity index (χ3v) is 3.44. The Morgan fingerprint density at radius 3 is 2.72 bits per heavy atom. The summed E-state index contributed by atoms with van der Waals surface area (Å²) in [6, 6.07) is 4.30. The molecule has 0 amide bonds. The number of rotatable bonds is 5. The first-order valence-electron chi connectivity index (χ1n) is 5.13. The minimum atomic E-state index is -3.75. The molecule has 7 nitrogen and oxygen atoms in total. The van der Waals surface area contributed by atoms with Crippen LogP contribution in [-0.4, -0.2) is 18.7 Å². The molecule has 0 aliphatic heterocycles. The van der Waals surface area contributed by atoms with Gasteiger partial charge in [-0.3, -0.25) is 0 Å². The van der Waals surface area contributed by atoms with Crippen LogP contribution in [0.4, 0.5) is 0 Å². The van der Waals surface area contributed by atoms with Gasteiger partial charge in [0.25, 0.3) is 10.0 Å². The molecule has 2 aromatic rings. The van der Waals surface area contributed by atoms with Gasteiger partial charge in [0.05, 0.1) is 12.2 Å². The van der Waals surface area contributed by atoms with Crippen LogP contribution in [0.15, 0.2) is 32.2 Å². The van der Waals surface area contributed by atoms with Gasteiger partial charge in [0.15, 0.2) is 5.76 Å². The predicted octanol–water partition coefficient (Wildman–Crippen LogP) is 0.547. The first-order valence-corrected chi connectivity index (χ1v) is 6.61. The average Bonchev–Trinajstić information content (AvgIpc) is 2.95. The van der Waals surface area contributed by atoms with Crippen molar-refractivity contribution >= 4 is 10.0 Å². The highest BCUT2D eigenvalue weighted by atomic mass is 32.2. The van der Waals surface area contributed by atoms with Crippen LogP contribution in [-0.2, 0) is 23.2 Å². The van der Waals surface area contributed by atoms with Gasteiger partial charge in [-0.05, 0) is 19.1 Å². The van der Waals surface area contributed by atoms with Crippen molar-refractivity contribution in [1.29, 1.82) is 0 Å². The molecule has 18 heavy (non-hydrogen) atoms. The number of aliphatic hydroxyl groups excluding tert-OH is 1. The number of sulfonamides is 1. The molecule has 0 radical (unpaired) electrons. The van der Waals surface area contributed by atoms with E-state index in [9.17, 15) is 8.42 Å². The van der Waals surface area contributed by atoms with Crippen LogP contribution < -0.4 is 4.72 Å². The smallest absolute Gasteiger partial charge is 0.274 e. The minimum absolute atomic E-state index is 0.0155. The van der Waals surface area contributed by atoms with Crippen LogP contribution in [0.5, 0.6) is 0 Å². The second-order valence-corrected chi connectivity index (χ2v) is 5.34. The van der Waals surface area contributed by atoms with Crippen LogP contribution in [0, 0.1) is 6.92 Å². The largest absolute Gasteiger partial charge is 0.446 e. The van der Waals surface area contributed by atoms with E-state index in [1.807, 2.05) is 0 Å². The molecule has 0 fully saturated rings. The van der Waals surface area contributed by atoms with E-state index in [1.54, 1.807) is 13.0 Å². The number of hydrogen-bond acceptors (Lipinski definition) is 6. The summed E-state index contributed by atoms with van der Waals surface area (Å²) < 4.78 is 35.7. The van der Waals surface area contributed by atoms with Crippen molar-refractivity contribution in [3.63, 3.8) is 0 Å². The van der Waals surface area contributed by atoms with Crippen molar-refractivity contribution in [3.05, 3.63) is 35.4 Å². The summed E-state index contributed by atoms with van der Waals surface area (Å²) >= 11 is 0. The lowest BCUT2D eigenvalue weighted by Crippen LogP contribution is -2.22. The number of aliphatic hydroxyl groups is 1. The van der Waals surface area contributed by atoms with E-state index in [-0.39, 0.29) is 24.0 Å². The lowest BCUT2D eigenvalue weighted by molar-refractivity contribution is 0.236. The molecule has 0 aromatic carbocycles. The summed E-state index contributed by atoms with van der Waals surface area (Å²) in [5.74, 6) is 0.593. The molecule has 98 valence electrons. The van der Waals surface area contributed by atoms with Crippen LogP contribution >= 0.6 is 0 Å². The van der Waals surface area contributed by atoms with E-state index in [0.717, 1.165) is 0 Å². The Kier molecular flexibility index (Phi) is 3.50. The lowest BCUT2D eigenvalue weighted by Gasteiger charge is -2.01. The zero-order chi connectivity index (χ0) is 13.2. The molecule has 2 heterocycles. The summed E-state index contributed by atoms with van der Waals surface area (Å²) in [6.07, 6.45) is 0. The summed E-state index contributed by atoms with van der Waals surface area (Å²) in [6.45, 7) is 1.37. The second-order valence-electron chi connectivity index (χ2n) is 3.64. The molecule has 0 atom stereocenters. The van der Waals surface area contributed by atoms with Crippen molar-refractivity contribution in [1.82, 2.24) is 9.88 Å². The van der Waals surface area contributed by atoms with Gasteiger partial charge in [-0.2, -0.15) is 0 Å². The van der Waals surface area contributed by atoms with Crippen molar-refractivity contribution in [3.8, 4) is 0 Å². The maximum absolute atomic E-state index is 11.8. The highest BCUT2D eigenvalue weighted by Crippen LogP contribution is 2.14. The van der Waals surface area contributed by atoms with E-state index in [2.05, 4.69) is 9.88 Å². The normalized spacial score (nSPS) is 11.9. The van der Waals surface area contributed by atoms with Gasteiger partial charge in [-0.1, -0.05) is 5.16 Å². The van der Waals surface area contributed by atoms with Crippen molar-refractivity contribution in [2.24, 2.45) is 0 Å². The molecule has 0 unspecified atom stereocenters. The van der Waals surface area contributed by atoms with Crippen LogP contribution in [0.3, 0.4) is 0 Å². The Labute approximate surface area is 103 Å². The Morgan fingerprint density at radius 1 is 1.39 bits per heavy atom. The number of furan rings is 1. The van der Waals surface area contributed by atoms with E-state index in [1.165, 1.54) is 12.1 Å². The predicted molar refractivity (Wildman–Crippen MR) is 59.9 cm³/mol. The summed E-state index contributed by atoms with van der Waals surface area (Å²) in [5, 5.41) is 12.2. The Balaban J connectivity index is 2.07. The van der Waals surface area contributed by atoms with Crippen molar-refractivity contribution < 1.29 is 22.5 Å². The van der Waals surface area contributed by atoms with Gasteiger partial charge < -0.3 is 14.0 Å². The quantitative estimate of drug-likeness (QED) is 0.823. The zero-order valence-electron chi connectivity index (χ0n) is 9.58. The van der Waals surface area contributed by atoms with E-state index in [4.69, 9.17) is 14.0 Å². The van der Waals surface area contributed by atoms with Gasteiger partial charge >= 0.3 is 0 Å². The summed E-state index contributed by atoms with van der Waals surface area (Å²) in [4.78, 5) is 0. The van der Waals surface area contributed by atoms with E-state index >= 15 is 0 Å². The number of nitrogens with zero attached hydrogens (tertiary/aromatic N) is 1. The van der Waals surface area contributed by atoms with Gasteiger partial charge in [-0.15, -0.1) is 0 Å².